The van der Waals surface area contributed by atoms with Crippen molar-refractivity contribution < 1.29 is 14.3 Å². The number of carbonyl (C=O) groups excluding carboxylic acids is 2. The van der Waals surface area contributed by atoms with E-state index in [0.717, 1.165) is 18.5 Å². The fourth-order valence-corrected chi connectivity index (χ4v) is 3.64. The summed E-state index contributed by atoms with van der Waals surface area (Å²) in [6.45, 7) is 5.61. The first-order chi connectivity index (χ1) is 10.9. The minimum absolute atomic E-state index is 0.0522. The molecule has 0 aromatic carbocycles. The molecule has 1 aromatic heterocycles. The van der Waals surface area contributed by atoms with Crippen molar-refractivity contribution >= 4 is 11.8 Å². The van der Waals surface area contributed by atoms with Crippen LogP contribution in [0.2, 0.25) is 0 Å². The molecule has 5 heteroatoms. The Bertz CT molecular complexity index is 598. The molecule has 23 heavy (non-hydrogen) atoms. The molecule has 0 radical (unpaired) electrons. The Morgan fingerprint density at radius 2 is 1.83 bits per heavy atom. The lowest BCUT2D eigenvalue weighted by molar-refractivity contribution is 0.0588. The summed E-state index contributed by atoms with van der Waals surface area (Å²) in [5.74, 6) is -0.351. The molecule has 0 spiro atoms. The highest BCUT2D eigenvalue weighted by molar-refractivity contribution is 6.05. The summed E-state index contributed by atoms with van der Waals surface area (Å²) >= 11 is 0. The van der Waals surface area contributed by atoms with E-state index in [-0.39, 0.29) is 11.8 Å². The second-order valence-electron chi connectivity index (χ2n) is 6.57. The van der Waals surface area contributed by atoms with Gasteiger partial charge in [-0.25, -0.2) is 4.79 Å². The molecule has 1 atom stereocenters. The van der Waals surface area contributed by atoms with Crippen LogP contribution in [0.5, 0.6) is 0 Å². The van der Waals surface area contributed by atoms with Crippen LogP contribution in [0.3, 0.4) is 0 Å². The van der Waals surface area contributed by atoms with Gasteiger partial charge in [0, 0.05) is 24.3 Å². The molecule has 0 saturated heterocycles. The summed E-state index contributed by atoms with van der Waals surface area (Å²) in [5.41, 5.74) is 2.62. The number of aromatic nitrogens is 1. The molecule has 5 nitrogen and oxygen atoms in total. The maximum atomic E-state index is 12.9. The van der Waals surface area contributed by atoms with Crippen LogP contribution in [0, 0.1) is 13.8 Å². The van der Waals surface area contributed by atoms with E-state index in [2.05, 4.69) is 5.32 Å². The van der Waals surface area contributed by atoms with Gasteiger partial charge in [-0.05, 0) is 39.2 Å². The lowest BCUT2D eigenvalue weighted by atomic mass is 9.93. The van der Waals surface area contributed by atoms with Crippen molar-refractivity contribution in [3.8, 4) is 0 Å². The van der Waals surface area contributed by atoms with Crippen LogP contribution in [0.15, 0.2) is 0 Å². The van der Waals surface area contributed by atoms with Gasteiger partial charge in [-0.15, -0.1) is 0 Å². The average molecular weight is 320 g/mol. The minimum atomic E-state index is -0.403. The average Bonchev–Trinajstić information content (AvgIpc) is 2.76. The SMILES string of the molecule is COC(=O)c1c(C)c(C(=O)C(C)NC2CCCCC2)c(C)n1C. The van der Waals surface area contributed by atoms with Gasteiger partial charge in [-0.2, -0.15) is 0 Å². The summed E-state index contributed by atoms with van der Waals surface area (Å²) in [7, 11) is 3.16. The molecule has 1 N–H and O–H groups in total. The van der Waals surface area contributed by atoms with E-state index in [1.165, 1.54) is 26.4 Å². The molecule has 1 aromatic rings. The molecule has 128 valence electrons. The van der Waals surface area contributed by atoms with Crippen molar-refractivity contribution in [1.82, 2.24) is 9.88 Å². The van der Waals surface area contributed by atoms with Crippen molar-refractivity contribution in [2.45, 2.75) is 65.0 Å². The smallest absolute Gasteiger partial charge is 0.354 e. The zero-order valence-corrected chi connectivity index (χ0v) is 14.9. The van der Waals surface area contributed by atoms with Gasteiger partial charge < -0.3 is 14.6 Å². The number of Topliss-reactive ketones (excluding diaryl/α,β-unsaturated/α-hetero) is 1. The highest BCUT2D eigenvalue weighted by Crippen LogP contribution is 2.24. The predicted octanol–water partition coefficient (Wildman–Crippen LogP) is 2.92. The van der Waals surface area contributed by atoms with Crippen molar-refractivity contribution in [2.24, 2.45) is 7.05 Å². The molecule has 0 bridgehead atoms. The van der Waals surface area contributed by atoms with Crippen LogP contribution in [-0.4, -0.2) is 35.5 Å². The van der Waals surface area contributed by atoms with Crippen molar-refractivity contribution in [2.75, 3.05) is 7.11 Å². The minimum Gasteiger partial charge on any atom is -0.464 e. The van der Waals surface area contributed by atoms with Crippen LogP contribution in [-0.2, 0) is 11.8 Å². The zero-order valence-electron chi connectivity index (χ0n) is 14.9. The number of carbonyl (C=O) groups is 2. The topological polar surface area (TPSA) is 60.3 Å². The fourth-order valence-electron chi connectivity index (χ4n) is 3.64. The molecule has 1 saturated carbocycles. The van der Waals surface area contributed by atoms with E-state index < -0.39 is 5.97 Å². The summed E-state index contributed by atoms with van der Waals surface area (Å²) in [5, 5.41) is 3.47. The molecule has 1 aliphatic rings. The zero-order chi connectivity index (χ0) is 17.1. The van der Waals surface area contributed by atoms with Gasteiger partial charge in [0.05, 0.1) is 13.2 Å². The normalized spacial score (nSPS) is 17.1. The number of esters is 1. The first-order valence-corrected chi connectivity index (χ1v) is 8.42. The molecule has 0 amide bonds. The molecular weight excluding hydrogens is 292 g/mol. The number of ether oxygens (including phenoxy) is 1. The molecule has 1 fully saturated rings. The molecule has 0 aliphatic heterocycles. The van der Waals surface area contributed by atoms with E-state index in [0.29, 0.717) is 22.9 Å². The summed E-state index contributed by atoms with van der Waals surface area (Å²) in [6.07, 6.45) is 6.03. The number of nitrogens with one attached hydrogen (secondary N) is 1. The molecule has 1 aliphatic carbocycles. The van der Waals surface area contributed by atoms with E-state index in [1.807, 2.05) is 20.8 Å². The van der Waals surface area contributed by atoms with Gasteiger partial charge in [0.2, 0.25) is 0 Å². The Kier molecular flexibility index (Phi) is 5.63. The monoisotopic (exact) mass is 320 g/mol. The molecule has 1 unspecified atom stereocenters. The van der Waals surface area contributed by atoms with Crippen LogP contribution in [0.1, 0.15) is 71.1 Å². The number of rotatable bonds is 5. The van der Waals surface area contributed by atoms with Gasteiger partial charge in [0.1, 0.15) is 5.69 Å². The number of ketones is 1. The van der Waals surface area contributed by atoms with Gasteiger partial charge >= 0.3 is 5.97 Å². The quantitative estimate of drug-likeness (QED) is 0.669. The largest absolute Gasteiger partial charge is 0.464 e. The Balaban J connectivity index is 2.23. The van der Waals surface area contributed by atoms with Crippen molar-refractivity contribution in [3.05, 3.63) is 22.5 Å². The van der Waals surface area contributed by atoms with Gasteiger partial charge in [-0.1, -0.05) is 19.3 Å². The van der Waals surface area contributed by atoms with Gasteiger partial charge in [0.25, 0.3) is 0 Å². The third-order valence-electron chi connectivity index (χ3n) is 5.04. The molecule has 1 heterocycles. The summed E-state index contributed by atoms with van der Waals surface area (Å²) in [4.78, 5) is 24.9. The lowest BCUT2D eigenvalue weighted by Gasteiger charge is -2.26. The van der Waals surface area contributed by atoms with Crippen LogP contribution in [0.4, 0.5) is 0 Å². The number of hydrogen-bond acceptors (Lipinski definition) is 4. The Morgan fingerprint density at radius 3 is 2.39 bits per heavy atom. The van der Waals surface area contributed by atoms with Crippen molar-refractivity contribution in [1.29, 1.82) is 0 Å². The Hall–Kier alpha value is -1.62. The van der Waals surface area contributed by atoms with Gasteiger partial charge in [-0.3, -0.25) is 4.79 Å². The van der Waals surface area contributed by atoms with E-state index in [4.69, 9.17) is 4.74 Å². The highest BCUT2D eigenvalue weighted by atomic mass is 16.5. The molecular formula is C18H28N2O3. The maximum Gasteiger partial charge on any atom is 0.354 e. The third-order valence-corrected chi connectivity index (χ3v) is 5.04. The van der Waals surface area contributed by atoms with Crippen LogP contribution >= 0.6 is 0 Å². The number of methoxy groups -OCH3 is 1. The van der Waals surface area contributed by atoms with Crippen LogP contribution in [0.25, 0.3) is 0 Å². The molecule has 2 rings (SSSR count). The number of nitrogens with zero attached hydrogens (tertiary/aromatic N) is 1. The second-order valence-corrected chi connectivity index (χ2v) is 6.57. The lowest BCUT2D eigenvalue weighted by Crippen LogP contribution is -2.42. The standard InChI is InChI=1S/C18H28N2O3/c1-11-15(13(3)20(4)16(11)18(22)23-5)17(21)12(2)19-14-9-7-6-8-10-14/h12,14,19H,6-10H2,1-5H3. The fraction of sp³-hybridized carbons (Fsp3) is 0.667. The first-order valence-electron chi connectivity index (χ1n) is 8.42. The van der Waals surface area contributed by atoms with Crippen molar-refractivity contribution in [3.63, 3.8) is 0 Å². The van der Waals surface area contributed by atoms with E-state index in [1.54, 1.807) is 11.6 Å². The second kappa shape index (κ2) is 7.30. The van der Waals surface area contributed by atoms with E-state index >= 15 is 0 Å². The predicted molar refractivity (Wildman–Crippen MR) is 90.0 cm³/mol. The maximum absolute atomic E-state index is 12.9. The summed E-state index contributed by atoms with van der Waals surface area (Å²) < 4.78 is 6.59. The Labute approximate surface area is 138 Å². The Morgan fingerprint density at radius 1 is 1.22 bits per heavy atom. The number of hydrogen-bond donors (Lipinski definition) is 1. The van der Waals surface area contributed by atoms with Crippen LogP contribution < -0.4 is 5.32 Å². The highest BCUT2D eigenvalue weighted by Gasteiger charge is 2.29. The summed E-state index contributed by atoms with van der Waals surface area (Å²) in [6, 6.07) is 0.176. The third kappa shape index (κ3) is 3.50. The first kappa shape index (κ1) is 17.7. The van der Waals surface area contributed by atoms with E-state index in [9.17, 15) is 9.59 Å². The van der Waals surface area contributed by atoms with Gasteiger partial charge in [0.15, 0.2) is 5.78 Å².